The molecule has 0 unspecified atom stereocenters. The molecule has 8 heteroatoms. The number of nitrogens with zero attached hydrogens (tertiary/aromatic N) is 1. The molecule has 1 aromatic heterocycles. The fourth-order valence-electron chi connectivity index (χ4n) is 1.31. The summed E-state index contributed by atoms with van der Waals surface area (Å²) in [4.78, 5) is 3.73. The minimum Gasteiger partial charge on any atom is -0.308 e. The van der Waals surface area contributed by atoms with E-state index in [9.17, 15) is 13.0 Å². The Morgan fingerprint density at radius 3 is 2.28 bits per heavy atom. The van der Waals surface area contributed by atoms with Crippen LogP contribution in [0.15, 0.2) is 29.4 Å². The van der Waals surface area contributed by atoms with Gasteiger partial charge in [0.15, 0.2) is 10.5 Å². The number of pyridine rings is 1. The zero-order valence-electron chi connectivity index (χ0n) is 10.3. The van der Waals surface area contributed by atoms with E-state index in [0.29, 0.717) is 0 Å². The van der Waals surface area contributed by atoms with Crippen molar-refractivity contribution >= 4 is 17.4 Å². The Morgan fingerprint density at radius 1 is 1.22 bits per heavy atom. The first-order valence-electron chi connectivity index (χ1n) is 5.45. The van der Waals surface area contributed by atoms with Crippen molar-refractivity contribution in [1.82, 2.24) is 4.98 Å². The maximum Gasteiger partial charge on any atom is 0.346 e. The van der Waals surface area contributed by atoms with E-state index >= 15 is 0 Å². The third kappa shape index (κ3) is 4.17. The fourth-order valence-corrected chi connectivity index (χ4v) is 5.47. The Labute approximate surface area is 107 Å². The van der Waals surface area contributed by atoms with Crippen molar-refractivity contribution in [2.45, 2.75) is 18.9 Å². The second kappa shape index (κ2) is 6.43. The predicted octanol–water partition coefficient (Wildman–Crippen LogP) is 2.08. The number of sulfone groups is 1. The van der Waals surface area contributed by atoms with Crippen LogP contribution >= 0.6 is 7.60 Å². The summed E-state index contributed by atoms with van der Waals surface area (Å²) in [5, 5.41) is -0.135. The highest BCUT2D eigenvalue weighted by atomic mass is 32.2. The highest BCUT2D eigenvalue weighted by Crippen LogP contribution is 2.49. The monoisotopic (exact) mass is 293 g/mol. The topological polar surface area (TPSA) is 82.6 Å². The number of hydrogen-bond acceptors (Lipinski definition) is 6. The highest BCUT2D eigenvalue weighted by Gasteiger charge is 2.33. The molecule has 0 bridgehead atoms. The van der Waals surface area contributed by atoms with Crippen LogP contribution in [0.25, 0.3) is 0 Å². The molecular formula is C10H16NO5PS. The van der Waals surface area contributed by atoms with Gasteiger partial charge in [-0.3, -0.25) is 4.57 Å². The first-order valence-corrected chi connectivity index (χ1v) is 8.83. The molecular weight excluding hydrogens is 277 g/mol. The van der Waals surface area contributed by atoms with Crippen molar-refractivity contribution in [3.8, 4) is 0 Å². The molecule has 0 radical (unpaired) electrons. The molecule has 0 aliphatic heterocycles. The van der Waals surface area contributed by atoms with Crippen LogP contribution in [0.2, 0.25) is 0 Å². The van der Waals surface area contributed by atoms with Crippen LogP contribution in [-0.2, 0) is 23.4 Å². The van der Waals surface area contributed by atoms with Crippen LogP contribution in [0.1, 0.15) is 13.8 Å². The molecule has 0 fully saturated rings. The summed E-state index contributed by atoms with van der Waals surface area (Å²) in [6.45, 7) is 3.49. The molecule has 1 rings (SSSR count). The molecule has 0 spiro atoms. The summed E-state index contributed by atoms with van der Waals surface area (Å²) in [5.74, 6) is 0. The van der Waals surface area contributed by atoms with Crippen LogP contribution in [0.3, 0.4) is 0 Å². The van der Waals surface area contributed by atoms with E-state index in [0.717, 1.165) is 0 Å². The second-order valence-corrected chi connectivity index (χ2v) is 7.78. The normalized spacial score (nSPS) is 12.6. The van der Waals surface area contributed by atoms with Gasteiger partial charge in [0.2, 0.25) is 9.84 Å². The molecule has 102 valence electrons. The van der Waals surface area contributed by atoms with Gasteiger partial charge < -0.3 is 9.05 Å². The molecule has 18 heavy (non-hydrogen) atoms. The lowest BCUT2D eigenvalue weighted by Crippen LogP contribution is -2.12. The molecule has 0 saturated carbocycles. The van der Waals surface area contributed by atoms with Crippen LogP contribution in [0.5, 0.6) is 0 Å². The Morgan fingerprint density at radius 2 is 1.83 bits per heavy atom. The molecule has 0 saturated heterocycles. The van der Waals surface area contributed by atoms with E-state index in [4.69, 9.17) is 9.05 Å². The largest absolute Gasteiger partial charge is 0.346 e. The minimum absolute atomic E-state index is 0.120. The smallest absolute Gasteiger partial charge is 0.308 e. The first kappa shape index (κ1) is 15.3. The zero-order chi connectivity index (χ0) is 13.6. The van der Waals surface area contributed by atoms with Crippen molar-refractivity contribution in [3.63, 3.8) is 0 Å². The van der Waals surface area contributed by atoms with E-state index in [2.05, 4.69) is 4.98 Å². The summed E-state index contributed by atoms with van der Waals surface area (Å²) in [5.41, 5.74) is -0.696. The molecule has 6 nitrogen and oxygen atoms in total. The molecule has 0 aliphatic carbocycles. The van der Waals surface area contributed by atoms with E-state index in [-0.39, 0.29) is 18.2 Å². The Bertz CT molecular complexity index is 506. The van der Waals surface area contributed by atoms with Gasteiger partial charge in [-0.05, 0) is 26.0 Å². The van der Waals surface area contributed by atoms with Crippen molar-refractivity contribution in [1.29, 1.82) is 0 Å². The van der Waals surface area contributed by atoms with Gasteiger partial charge in [-0.2, -0.15) is 0 Å². The van der Waals surface area contributed by atoms with Crippen LogP contribution in [0, 0.1) is 0 Å². The lowest BCUT2D eigenvalue weighted by Gasteiger charge is -2.16. The number of rotatable bonds is 7. The zero-order valence-corrected chi connectivity index (χ0v) is 12.0. The van der Waals surface area contributed by atoms with Crippen molar-refractivity contribution in [2.75, 3.05) is 18.7 Å². The van der Waals surface area contributed by atoms with Crippen molar-refractivity contribution in [3.05, 3.63) is 24.4 Å². The van der Waals surface area contributed by atoms with E-state index in [1.165, 1.54) is 12.3 Å². The summed E-state index contributed by atoms with van der Waals surface area (Å²) in [6, 6.07) is 4.49. The van der Waals surface area contributed by atoms with Gasteiger partial charge in [-0.25, -0.2) is 13.4 Å². The van der Waals surface area contributed by atoms with Gasteiger partial charge >= 0.3 is 7.60 Å². The average molecular weight is 293 g/mol. The molecule has 0 amide bonds. The van der Waals surface area contributed by atoms with Crippen LogP contribution < -0.4 is 0 Å². The van der Waals surface area contributed by atoms with E-state index in [1.54, 1.807) is 26.0 Å². The molecule has 0 aromatic carbocycles. The lowest BCUT2D eigenvalue weighted by molar-refractivity contribution is 0.224. The van der Waals surface area contributed by atoms with E-state index < -0.39 is 22.9 Å². The van der Waals surface area contributed by atoms with Gasteiger partial charge in [0.05, 0.1) is 13.2 Å². The summed E-state index contributed by atoms with van der Waals surface area (Å²) < 4.78 is 46.1. The Balaban J connectivity index is 2.97. The van der Waals surface area contributed by atoms with Crippen LogP contribution in [-0.4, -0.2) is 32.1 Å². The molecule has 1 aromatic rings. The van der Waals surface area contributed by atoms with Gasteiger partial charge in [0.25, 0.3) is 0 Å². The number of aromatic nitrogens is 1. The minimum atomic E-state index is -3.79. The first-order chi connectivity index (χ1) is 8.43. The highest BCUT2D eigenvalue weighted by molar-refractivity contribution is 7.97. The maximum absolute atomic E-state index is 12.2. The fraction of sp³-hybridized carbons (Fsp3) is 0.500. The maximum atomic E-state index is 12.2. The van der Waals surface area contributed by atoms with Gasteiger partial charge in [-0.1, -0.05) is 6.07 Å². The van der Waals surface area contributed by atoms with E-state index in [1.807, 2.05) is 0 Å². The predicted molar refractivity (Wildman–Crippen MR) is 67.1 cm³/mol. The van der Waals surface area contributed by atoms with Crippen LogP contribution in [0.4, 0.5) is 0 Å². The van der Waals surface area contributed by atoms with Gasteiger partial charge in [0.1, 0.15) is 0 Å². The Kier molecular flexibility index (Phi) is 5.47. The standard InChI is InChI=1S/C10H16NO5PS/c1-3-15-17(12,16-4-2)9-18(13,14)10-7-5-6-8-11-10/h5-8H,3-4,9H2,1-2H3. The molecule has 0 atom stereocenters. The Hall–Kier alpha value is -0.750. The van der Waals surface area contributed by atoms with Crippen molar-refractivity contribution < 1.29 is 22.0 Å². The summed E-state index contributed by atoms with van der Waals surface area (Å²) >= 11 is 0. The average Bonchev–Trinajstić information content (AvgIpc) is 2.29. The SMILES string of the molecule is CCOP(=O)(CS(=O)(=O)c1ccccn1)OCC. The summed E-state index contributed by atoms with van der Waals surface area (Å²) in [7, 11) is -7.42. The molecule has 0 aliphatic rings. The van der Waals surface area contributed by atoms with Gasteiger partial charge in [0, 0.05) is 6.20 Å². The molecule has 0 N–H and O–H groups in total. The lowest BCUT2D eigenvalue weighted by atomic mass is 10.5. The molecule has 1 heterocycles. The summed E-state index contributed by atoms with van der Waals surface area (Å²) in [6.07, 6.45) is 1.36. The third-order valence-electron chi connectivity index (χ3n) is 1.94. The quantitative estimate of drug-likeness (QED) is 0.716. The van der Waals surface area contributed by atoms with Gasteiger partial charge in [-0.15, -0.1) is 0 Å². The third-order valence-corrected chi connectivity index (χ3v) is 6.74. The number of hydrogen-bond donors (Lipinski definition) is 0. The second-order valence-electron chi connectivity index (χ2n) is 3.36. The van der Waals surface area contributed by atoms with Crippen molar-refractivity contribution in [2.24, 2.45) is 0 Å².